The van der Waals surface area contributed by atoms with Crippen molar-refractivity contribution in [2.24, 2.45) is 10.2 Å². The summed E-state index contributed by atoms with van der Waals surface area (Å²) >= 11 is 12.2. The minimum absolute atomic E-state index is 0. The average Bonchev–Trinajstić information content (AvgIpc) is 2.84. The van der Waals surface area contributed by atoms with Crippen LogP contribution in [0.4, 0.5) is 17.1 Å². The van der Waals surface area contributed by atoms with Gasteiger partial charge in [-0.05, 0) is 49.1 Å². The van der Waals surface area contributed by atoms with Gasteiger partial charge in [-0.25, -0.2) is 0 Å². The molecule has 9 nitrogen and oxygen atoms in total. The van der Waals surface area contributed by atoms with Crippen molar-refractivity contribution in [3.05, 3.63) is 81.8 Å². The minimum atomic E-state index is -4.76. The van der Waals surface area contributed by atoms with Crippen molar-refractivity contribution in [3.63, 3.8) is 0 Å². The van der Waals surface area contributed by atoms with E-state index in [0.29, 0.717) is 39.4 Å². The molecule has 0 aromatic heterocycles. The Hall–Kier alpha value is -2.70. The van der Waals surface area contributed by atoms with Gasteiger partial charge in [0, 0.05) is 27.7 Å². The van der Waals surface area contributed by atoms with Gasteiger partial charge in [0.05, 0.1) is 17.3 Å². The molecule has 196 valence electrons. The normalized spacial score (nSPS) is 11.4. The predicted octanol–water partition coefficient (Wildman–Crippen LogP) is 3.85. The molecule has 4 aromatic rings. The molecule has 13 heteroatoms. The summed E-state index contributed by atoms with van der Waals surface area (Å²) in [5.41, 5.74) is -0.00200. The van der Waals surface area contributed by atoms with Crippen LogP contribution in [0.1, 0.15) is 22.8 Å². The van der Waals surface area contributed by atoms with Crippen LogP contribution in [-0.2, 0) is 10.1 Å². The number of nitrogens with one attached hydrogen (secondary N) is 1. The number of benzene rings is 4. The number of halogens is 2. The van der Waals surface area contributed by atoms with Crippen LogP contribution in [0.3, 0.4) is 0 Å². The van der Waals surface area contributed by atoms with E-state index in [4.69, 9.17) is 27.9 Å². The van der Waals surface area contributed by atoms with Crippen molar-refractivity contribution in [1.29, 1.82) is 0 Å². The summed E-state index contributed by atoms with van der Waals surface area (Å²) in [6.45, 7) is 3.75. The van der Waals surface area contributed by atoms with Crippen LogP contribution in [0, 0.1) is 6.92 Å². The van der Waals surface area contributed by atoms with Crippen LogP contribution in [-0.4, -0.2) is 25.5 Å². The second-order valence-electron chi connectivity index (χ2n) is 8.11. The molecule has 4 rings (SSSR count). The molecule has 0 bridgehead atoms. The number of nitrogens with zero attached hydrogens (tertiary/aromatic N) is 2. The Balaban J connectivity index is 0.00000420. The van der Waals surface area contributed by atoms with Gasteiger partial charge in [0.1, 0.15) is 16.3 Å². The van der Waals surface area contributed by atoms with Gasteiger partial charge in [0.2, 0.25) is 0 Å². The van der Waals surface area contributed by atoms with E-state index in [1.165, 1.54) is 24.3 Å². The van der Waals surface area contributed by atoms with Crippen molar-refractivity contribution in [2.75, 3.05) is 11.9 Å². The summed E-state index contributed by atoms with van der Waals surface area (Å²) in [7, 11) is -4.76. The molecule has 0 spiro atoms. The molecule has 0 saturated heterocycles. The number of hydrogen-bond acceptors (Lipinski definition) is 7. The van der Waals surface area contributed by atoms with Crippen molar-refractivity contribution in [2.45, 2.75) is 18.7 Å². The number of fused-ring (bicyclic) bond motifs is 1. The van der Waals surface area contributed by atoms with Crippen molar-refractivity contribution in [3.8, 4) is 11.5 Å². The zero-order chi connectivity index (χ0) is 27.6. The zero-order valence-electron chi connectivity index (χ0n) is 21.0. The molecule has 0 heterocycles. The first-order valence-corrected chi connectivity index (χ1v) is 13.3. The second-order valence-corrected chi connectivity index (χ2v) is 10.3. The van der Waals surface area contributed by atoms with E-state index in [1.54, 1.807) is 50.2 Å². The Morgan fingerprint density at radius 1 is 1.08 bits per heavy atom. The Bertz CT molecular complexity index is 1710. The van der Waals surface area contributed by atoms with E-state index in [-0.39, 0.29) is 51.5 Å². The van der Waals surface area contributed by atoms with Gasteiger partial charge in [-0.3, -0.25) is 9.35 Å². The maximum absolute atomic E-state index is 13.4. The fourth-order valence-corrected chi connectivity index (χ4v) is 5.17. The molecular formula is C26H20Cl2N3NaO6S. The Morgan fingerprint density at radius 2 is 1.79 bits per heavy atom. The molecule has 0 aliphatic carbocycles. The number of azo groups is 1. The van der Waals surface area contributed by atoms with Gasteiger partial charge in [0.15, 0.2) is 0 Å². The van der Waals surface area contributed by atoms with Gasteiger partial charge >= 0.3 is 29.6 Å². The van der Waals surface area contributed by atoms with Crippen LogP contribution >= 0.6 is 23.2 Å². The van der Waals surface area contributed by atoms with Crippen LogP contribution in [0.25, 0.3) is 10.8 Å². The molecule has 0 saturated carbocycles. The number of carbonyl (C=O) groups excluding carboxylic acids is 1. The largest absolute Gasteiger partial charge is 1.00 e. The van der Waals surface area contributed by atoms with Gasteiger partial charge in [0.25, 0.3) is 16.0 Å². The third-order valence-electron chi connectivity index (χ3n) is 5.45. The van der Waals surface area contributed by atoms with Gasteiger partial charge < -0.3 is 15.2 Å². The summed E-state index contributed by atoms with van der Waals surface area (Å²) in [6, 6.07) is 15.6. The quantitative estimate of drug-likeness (QED) is 0.189. The summed E-state index contributed by atoms with van der Waals surface area (Å²) in [5, 5.41) is 25.0. The van der Waals surface area contributed by atoms with Crippen molar-refractivity contribution >= 4 is 67.1 Å². The van der Waals surface area contributed by atoms with E-state index < -0.39 is 26.7 Å². The first kappa shape index (κ1) is 30.8. The van der Waals surface area contributed by atoms with E-state index in [0.717, 1.165) is 0 Å². The third-order valence-corrected chi connectivity index (χ3v) is 7.19. The van der Waals surface area contributed by atoms with E-state index >= 15 is 0 Å². The zero-order valence-corrected chi connectivity index (χ0v) is 25.4. The molecule has 4 aromatic carbocycles. The number of anilines is 1. The molecule has 0 atom stereocenters. The maximum Gasteiger partial charge on any atom is 1.00 e. The number of aryl methyl sites for hydroxylation is 1. The smallest absolute Gasteiger partial charge is 0.870 e. The SMILES string of the molecule is CCOc1cc(Cl)cc(NC(=O)c2cc3ccccc3c(N=Nc3ccc(C)c(Cl)c3S(=O)(=O)O)c2[O-])c1.[Na+]. The molecular weight excluding hydrogens is 576 g/mol. The van der Waals surface area contributed by atoms with Crippen molar-refractivity contribution < 1.29 is 57.2 Å². The molecule has 0 aliphatic heterocycles. The van der Waals surface area contributed by atoms with Gasteiger partial charge in [-0.2, -0.15) is 13.5 Å². The van der Waals surface area contributed by atoms with Crippen LogP contribution in [0.2, 0.25) is 10.0 Å². The molecule has 2 N–H and O–H groups in total. The fraction of sp³-hybridized carbons (Fsp3) is 0.115. The summed E-state index contributed by atoms with van der Waals surface area (Å²) < 4.78 is 39.0. The van der Waals surface area contributed by atoms with Gasteiger partial charge in [-0.1, -0.05) is 59.3 Å². The van der Waals surface area contributed by atoms with E-state index in [2.05, 4.69) is 15.5 Å². The van der Waals surface area contributed by atoms with E-state index in [1.807, 2.05) is 0 Å². The monoisotopic (exact) mass is 595 g/mol. The number of amides is 1. The predicted molar refractivity (Wildman–Crippen MR) is 144 cm³/mol. The Kier molecular flexibility index (Phi) is 10.0. The van der Waals surface area contributed by atoms with Crippen molar-refractivity contribution in [1.82, 2.24) is 0 Å². The molecule has 39 heavy (non-hydrogen) atoms. The molecule has 0 unspecified atom stereocenters. The minimum Gasteiger partial charge on any atom is -0.870 e. The standard InChI is InChI=1S/C26H21Cl2N3O6S.Na/c1-3-37-18-12-16(27)11-17(13-18)29-26(33)20-10-15-6-4-5-7-19(15)23(24(20)32)31-30-21-9-8-14(2)22(28)25(21)38(34,35)36;/h4-13,32H,3H2,1-2H3,(H,29,33)(H,34,35,36);/q;+1/p-1. The topological polar surface area (TPSA) is 140 Å². The van der Waals surface area contributed by atoms with E-state index in [9.17, 15) is 22.9 Å². The summed E-state index contributed by atoms with van der Waals surface area (Å²) in [4.78, 5) is 12.5. The number of ether oxygens (including phenoxy) is 1. The maximum atomic E-state index is 13.4. The molecule has 1 amide bonds. The van der Waals surface area contributed by atoms with Crippen LogP contribution in [0.15, 0.2) is 75.8 Å². The summed E-state index contributed by atoms with van der Waals surface area (Å²) in [6.07, 6.45) is 0. The van der Waals surface area contributed by atoms with Crippen LogP contribution < -0.4 is 44.7 Å². The van der Waals surface area contributed by atoms with Crippen LogP contribution in [0.5, 0.6) is 11.5 Å². The first-order valence-electron chi connectivity index (χ1n) is 11.2. The average molecular weight is 596 g/mol. The Morgan fingerprint density at radius 3 is 2.49 bits per heavy atom. The second kappa shape index (κ2) is 12.6. The summed E-state index contributed by atoms with van der Waals surface area (Å²) in [5.74, 6) is -1.03. The number of hydrogen-bond donors (Lipinski definition) is 2. The molecule has 0 fully saturated rings. The first-order chi connectivity index (χ1) is 18.0. The number of rotatable bonds is 7. The molecule has 0 aliphatic rings. The number of carbonyl (C=O) groups is 1. The Labute approximate surface area is 256 Å². The fourth-order valence-electron chi connectivity index (χ4n) is 3.73. The molecule has 0 radical (unpaired) electrons. The van der Waals surface area contributed by atoms with Gasteiger partial charge in [-0.15, -0.1) is 5.11 Å². The third kappa shape index (κ3) is 6.90.